The second-order valence-electron chi connectivity index (χ2n) is 7.19. The van der Waals surface area contributed by atoms with Crippen molar-refractivity contribution in [3.8, 4) is 17.1 Å². The summed E-state index contributed by atoms with van der Waals surface area (Å²) < 4.78 is 26.8. The molecule has 0 fully saturated rings. The van der Waals surface area contributed by atoms with Crippen LogP contribution in [0.25, 0.3) is 11.4 Å². The van der Waals surface area contributed by atoms with E-state index in [4.69, 9.17) is 0 Å². The lowest BCUT2D eigenvalue weighted by molar-refractivity contribution is 0.0942. The molecule has 0 bridgehead atoms. The summed E-state index contributed by atoms with van der Waals surface area (Å²) in [5.74, 6) is -2.14. The topological polar surface area (TPSA) is 107 Å². The Labute approximate surface area is 181 Å². The Balaban J connectivity index is 2.01. The molecule has 0 radical (unpaired) electrons. The first-order chi connectivity index (χ1) is 14.6. The second kappa shape index (κ2) is 8.91. The molecule has 0 spiro atoms. The lowest BCUT2D eigenvalue weighted by Crippen LogP contribution is -2.29. The molecule has 31 heavy (non-hydrogen) atoms. The first-order valence-corrected chi connectivity index (χ1v) is 10.9. The number of rotatable bonds is 5. The molecule has 1 aromatic heterocycles. The molecule has 3 aromatic rings. The fourth-order valence-electron chi connectivity index (χ4n) is 3.09. The summed E-state index contributed by atoms with van der Waals surface area (Å²) in [6.45, 7) is 4.11. The molecule has 9 heteroatoms. The third-order valence-corrected chi connectivity index (χ3v) is 5.96. The Hall–Kier alpha value is -3.17. The van der Waals surface area contributed by atoms with Gasteiger partial charge in [0.15, 0.2) is 10.6 Å². The summed E-state index contributed by atoms with van der Waals surface area (Å²) in [4.78, 5) is 29.5. The highest BCUT2D eigenvalue weighted by atomic mass is 32.2. The Morgan fingerprint density at radius 1 is 1.23 bits per heavy atom. The van der Waals surface area contributed by atoms with Gasteiger partial charge in [-0.25, -0.2) is 9.37 Å². The number of hydrogen-bond acceptors (Lipinski definition) is 5. The molecule has 3 rings (SSSR count). The summed E-state index contributed by atoms with van der Waals surface area (Å²) in [5, 5.41) is 12.9. The highest BCUT2D eigenvalue weighted by Gasteiger charge is 2.24. The number of aryl methyl sites for hydroxylation is 2. The number of carbonyl (C=O) groups excluding carboxylic acids is 1. The number of halogens is 1. The van der Waals surface area contributed by atoms with Gasteiger partial charge in [-0.1, -0.05) is 18.2 Å². The lowest BCUT2D eigenvalue weighted by Gasteiger charge is -2.15. The Bertz CT molecular complexity index is 1220. The van der Waals surface area contributed by atoms with Crippen molar-refractivity contribution in [2.75, 3.05) is 6.26 Å². The number of benzene rings is 2. The third kappa shape index (κ3) is 4.62. The van der Waals surface area contributed by atoms with Gasteiger partial charge in [0.05, 0.1) is 5.56 Å². The fraction of sp³-hybridized carbons (Fsp3) is 0.227. The smallest absolute Gasteiger partial charge is 0.296 e. The SMILES string of the molecule is Cc1ccc(CNC(=O)c2nc(-c3ccc(F)cc3[S+](C)[O-])n(C)c(=O)c2O)cc1C. The van der Waals surface area contributed by atoms with Gasteiger partial charge >= 0.3 is 0 Å². The second-order valence-corrected chi connectivity index (χ2v) is 8.54. The molecule has 0 aliphatic heterocycles. The molecular formula is C22H22FN3O4S. The van der Waals surface area contributed by atoms with Crippen molar-refractivity contribution in [2.45, 2.75) is 25.3 Å². The van der Waals surface area contributed by atoms with E-state index in [-0.39, 0.29) is 22.8 Å². The number of nitrogens with one attached hydrogen (secondary N) is 1. The molecule has 0 saturated carbocycles. The molecule has 1 atom stereocenters. The summed E-state index contributed by atoms with van der Waals surface area (Å²) in [6, 6.07) is 9.30. The zero-order chi connectivity index (χ0) is 22.9. The zero-order valence-electron chi connectivity index (χ0n) is 17.5. The van der Waals surface area contributed by atoms with Crippen molar-refractivity contribution in [1.82, 2.24) is 14.9 Å². The van der Waals surface area contributed by atoms with Gasteiger partial charge in [-0.3, -0.25) is 14.2 Å². The highest BCUT2D eigenvalue weighted by Crippen LogP contribution is 2.27. The van der Waals surface area contributed by atoms with E-state index in [1.807, 2.05) is 32.0 Å². The van der Waals surface area contributed by atoms with Crippen LogP contribution in [0, 0.1) is 19.7 Å². The van der Waals surface area contributed by atoms with Crippen LogP contribution in [0.1, 0.15) is 27.2 Å². The predicted molar refractivity (Wildman–Crippen MR) is 116 cm³/mol. The number of aromatic nitrogens is 2. The molecular weight excluding hydrogens is 421 g/mol. The third-order valence-electron chi connectivity index (χ3n) is 5.00. The molecule has 1 unspecified atom stereocenters. The van der Waals surface area contributed by atoms with Gasteiger partial charge in [0.25, 0.3) is 11.5 Å². The van der Waals surface area contributed by atoms with Crippen LogP contribution in [0.5, 0.6) is 5.75 Å². The van der Waals surface area contributed by atoms with Gasteiger partial charge in [0.1, 0.15) is 17.9 Å². The lowest BCUT2D eigenvalue weighted by atomic mass is 10.1. The monoisotopic (exact) mass is 443 g/mol. The van der Waals surface area contributed by atoms with E-state index < -0.39 is 39.9 Å². The Morgan fingerprint density at radius 2 is 1.94 bits per heavy atom. The summed E-state index contributed by atoms with van der Waals surface area (Å²) in [7, 11) is 1.35. The number of hydrogen-bond donors (Lipinski definition) is 2. The maximum absolute atomic E-state index is 13.7. The fourth-order valence-corrected chi connectivity index (χ4v) is 3.84. The first kappa shape index (κ1) is 22.5. The predicted octanol–water partition coefficient (Wildman–Crippen LogP) is 2.58. The minimum atomic E-state index is -1.58. The van der Waals surface area contributed by atoms with Crippen molar-refractivity contribution < 1.29 is 18.8 Å². The molecule has 0 saturated heterocycles. The van der Waals surface area contributed by atoms with Crippen LogP contribution < -0.4 is 10.9 Å². The standard InChI is InChI=1S/C22H22FN3O4S/c1-12-5-6-14(9-13(12)2)11-24-21(28)18-19(27)22(29)26(3)20(25-18)16-8-7-15(23)10-17(16)31(4)30/h5-10,27H,11H2,1-4H3,(H,24,28). The van der Waals surface area contributed by atoms with Crippen molar-refractivity contribution in [3.05, 3.63) is 75.0 Å². The largest absolute Gasteiger partial charge is 0.612 e. The van der Waals surface area contributed by atoms with E-state index in [0.717, 1.165) is 33.4 Å². The molecule has 2 aromatic carbocycles. The maximum Gasteiger partial charge on any atom is 0.296 e. The highest BCUT2D eigenvalue weighted by molar-refractivity contribution is 7.90. The van der Waals surface area contributed by atoms with E-state index >= 15 is 0 Å². The van der Waals surface area contributed by atoms with Gasteiger partial charge in [-0.15, -0.1) is 0 Å². The van der Waals surface area contributed by atoms with E-state index in [2.05, 4.69) is 10.3 Å². The maximum atomic E-state index is 13.7. The number of aromatic hydroxyl groups is 1. The summed E-state index contributed by atoms with van der Waals surface area (Å²) >= 11 is -1.58. The summed E-state index contributed by atoms with van der Waals surface area (Å²) in [6.07, 6.45) is 1.37. The van der Waals surface area contributed by atoms with Crippen molar-refractivity contribution in [2.24, 2.45) is 7.05 Å². The number of carbonyl (C=O) groups is 1. The van der Waals surface area contributed by atoms with Crippen LogP contribution in [0.15, 0.2) is 46.1 Å². The molecule has 162 valence electrons. The van der Waals surface area contributed by atoms with Gasteiger partial charge in [0.2, 0.25) is 5.75 Å². The summed E-state index contributed by atoms with van der Waals surface area (Å²) in [5.41, 5.74) is 1.96. The van der Waals surface area contributed by atoms with Crippen molar-refractivity contribution in [3.63, 3.8) is 0 Å². The van der Waals surface area contributed by atoms with Crippen LogP contribution in [0.4, 0.5) is 4.39 Å². The van der Waals surface area contributed by atoms with Crippen LogP contribution in [0.2, 0.25) is 0 Å². The molecule has 0 aliphatic rings. The number of amides is 1. The average Bonchev–Trinajstić information content (AvgIpc) is 2.73. The van der Waals surface area contributed by atoms with E-state index in [1.54, 1.807) is 0 Å². The normalized spacial score (nSPS) is 11.9. The van der Waals surface area contributed by atoms with Gasteiger partial charge in [-0.05, 0) is 53.8 Å². The van der Waals surface area contributed by atoms with E-state index in [0.29, 0.717) is 0 Å². The van der Waals surface area contributed by atoms with E-state index in [1.165, 1.54) is 19.4 Å². The minimum absolute atomic E-state index is 0.00988. The molecule has 7 nitrogen and oxygen atoms in total. The average molecular weight is 444 g/mol. The van der Waals surface area contributed by atoms with Gasteiger partial charge in [0, 0.05) is 19.7 Å². The van der Waals surface area contributed by atoms with Gasteiger partial charge in [-0.2, -0.15) is 0 Å². The van der Waals surface area contributed by atoms with Crippen LogP contribution >= 0.6 is 0 Å². The molecule has 1 amide bonds. The van der Waals surface area contributed by atoms with Crippen molar-refractivity contribution >= 4 is 17.1 Å². The van der Waals surface area contributed by atoms with Gasteiger partial charge < -0.3 is 15.0 Å². The Kier molecular flexibility index (Phi) is 6.47. The van der Waals surface area contributed by atoms with E-state index in [9.17, 15) is 23.6 Å². The van der Waals surface area contributed by atoms with Crippen LogP contribution in [-0.4, -0.2) is 31.4 Å². The van der Waals surface area contributed by atoms with Crippen molar-refractivity contribution in [1.29, 1.82) is 0 Å². The first-order valence-electron chi connectivity index (χ1n) is 9.37. The van der Waals surface area contributed by atoms with Crippen LogP contribution in [-0.2, 0) is 24.8 Å². The molecule has 0 aliphatic carbocycles. The quantitative estimate of drug-likeness (QED) is 0.590. The Morgan fingerprint density at radius 3 is 2.58 bits per heavy atom. The number of nitrogens with zero attached hydrogens (tertiary/aromatic N) is 2. The van der Waals surface area contributed by atoms with Crippen LogP contribution in [0.3, 0.4) is 0 Å². The zero-order valence-corrected chi connectivity index (χ0v) is 18.3. The molecule has 2 N–H and O–H groups in total. The minimum Gasteiger partial charge on any atom is -0.612 e. The molecule has 1 heterocycles.